The molecule has 5 heterocycles. The Hall–Kier alpha value is -3.40. The van der Waals surface area contributed by atoms with Crippen LogP contribution >= 0.6 is 0 Å². The predicted octanol–water partition coefficient (Wildman–Crippen LogP) is 1.72. The Bertz CT molecular complexity index is 1110. The van der Waals surface area contributed by atoms with Crippen molar-refractivity contribution in [2.24, 2.45) is 0 Å². The summed E-state index contributed by atoms with van der Waals surface area (Å²) < 4.78 is 12.8. The average molecular weight is 423 g/mol. The van der Waals surface area contributed by atoms with Gasteiger partial charge in [-0.3, -0.25) is 4.40 Å². The zero-order chi connectivity index (χ0) is 21.4. The third-order valence-electron chi connectivity index (χ3n) is 5.65. The van der Waals surface area contributed by atoms with E-state index in [0.29, 0.717) is 45.1 Å². The van der Waals surface area contributed by atoms with E-state index in [9.17, 15) is 4.79 Å². The van der Waals surface area contributed by atoms with E-state index in [-0.39, 0.29) is 6.09 Å². The number of hydrogen-bond acceptors (Lipinski definition) is 8. The van der Waals surface area contributed by atoms with Gasteiger partial charge in [-0.15, -0.1) is 0 Å². The summed E-state index contributed by atoms with van der Waals surface area (Å²) in [5.74, 6) is 1.28. The second-order valence-electron chi connectivity index (χ2n) is 7.59. The zero-order valence-electron chi connectivity index (χ0n) is 17.5. The van der Waals surface area contributed by atoms with Gasteiger partial charge in [0.2, 0.25) is 0 Å². The van der Waals surface area contributed by atoms with Gasteiger partial charge in [0.15, 0.2) is 11.5 Å². The maximum absolute atomic E-state index is 12.3. The average Bonchev–Trinajstić information content (AvgIpc) is 3.17. The summed E-state index contributed by atoms with van der Waals surface area (Å²) in [7, 11) is 0. The minimum absolute atomic E-state index is 0.298. The molecule has 0 unspecified atom stereocenters. The minimum atomic E-state index is -0.298. The number of nitrogen functional groups attached to an aromatic ring is 1. The van der Waals surface area contributed by atoms with Crippen LogP contribution in [0.1, 0.15) is 18.3 Å². The van der Waals surface area contributed by atoms with E-state index in [1.54, 1.807) is 17.2 Å². The van der Waals surface area contributed by atoms with Crippen molar-refractivity contribution in [1.29, 1.82) is 0 Å². The highest BCUT2D eigenvalue weighted by Gasteiger charge is 2.28. The van der Waals surface area contributed by atoms with Crippen LogP contribution in [-0.4, -0.2) is 69.8 Å². The van der Waals surface area contributed by atoms with Crippen molar-refractivity contribution in [3.05, 3.63) is 35.9 Å². The van der Waals surface area contributed by atoms with Crippen LogP contribution in [0.5, 0.6) is 0 Å². The molecular formula is C21H25N7O3. The normalized spacial score (nSPS) is 16.4. The van der Waals surface area contributed by atoms with Gasteiger partial charge < -0.3 is 25.0 Å². The first kappa shape index (κ1) is 19.6. The van der Waals surface area contributed by atoms with Crippen LogP contribution in [0.2, 0.25) is 0 Å². The lowest BCUT2D eigenvalue weighted by molar-refractivity contribution is 0.102. The van der Waals surface area contributed by atoms with E-state index in [4.69, 9.17) is 25.2 Å². The number of amides is 1. The standard InChI is InChI=1S/C21H25N7O3/c1-2-31-21(29)27-6-5-15-17(13-27)28-12-16(14-3-4-18(22)23-11-14)25-19(20(28)24-15)26-7-9-30-10-8-26/h3-4,11-12H,2,5-10,13H2,1H3,(H2,22,23). The van der Waals surface area contributed by atoms with Gasteiger partial charge in [0.05, 0.1) is 43.4 Å². The van der Waals surface area contributed by atoms with Crippen molar-refractivity contribution in [2.45, 2.75) is 19.9 Å². The Labute approximate surface area is 179 Å². The van der Waals surface area contributed by atoms with Crippen LogP contribution in [0.4, 0.5) is 16.4 Å². The Morgan fingerprint density at radius 3 is 2.81 bits per heavy atom. The zero-order valence-corrected chi connectivity index (χ0v) is 17.5. The van der Waals surface area contributed by atoms with Gasteiger partial charge >= 0.3 is 6.09 Å². The number of ether oxygens (including phenoxy) is 2. The van der Waals surface area contributed by atoms with E-state index < -0.39 is 0 Å². The highest BCUT2D eigenvalue weighted by Crippen LogP contribution is 2.30. The molecule has 3 aromatic rings. The van der Waals surface area contributed by atoms with Crippen molar-refractivity contribution in [1.82, 2.24) is 24.3 Å². The van der Waals surface area contributed by atoms with Crippen molar-refractivity contribution >= 4 is 23.4 Å². The first-order valence-corrected chi connectivity index (χ1v) is 10.5. The molecule has 2 aliphatic rings. The van der Waals surface area contributed by atoms with Crippen LogP contribution in [0, 0.1) is 0 Å². The molecule has 0 aromatic carbocycles. The number of aromatic nitrogens is 4. The number of rotatable bonds is 3. The van der Waals surface area contributed by atoms with Crippen molar-refractivity contribution in [3.63, 3.8) is 0 Å². The third-order valence-corrected chi connectivity index (χ3v) is 5.65. The number of imidazole rings is 1. The molecule has 10 heteroatoms. The molecule has 1 amide bonds. The number of morpholine rings is 1. The number of carbonyl (C=O) groups is 1. The fourth-order valence-electron chi connectivity index (χ4n) is 4.05. The molecule has 5 rings (SSSR count). The summed E-state index contributed by atoms with van der Waals surface area (Å²) in [6.45, 7) is 6.00. The van der Waals surface area contributed by atoms with Gasteiger partial charge in [0.25, 0.3) is 0 Å². The van der Waals surface area contributed by atoms with Gasteiger partial charge in [-0.1, -0.05) is 0 Å². The SMILES string of the molecule is CCOC(=O)N1CCc2nc3c(N4CCOCC4)nc(-c4ccc(N)nc4)cn3c2C1. The van der Waals surface area contributed by atoms with Gasteiger partial charge in [-0.05, 0) is 19.1 Å². The fraction of sp³-hybridized carbons (Fsp3) is 0.429. The second kappa shape index (κ2) is 8.03. The Morgan fingerprint density at radius 2 is 2.06 bits per heavy atom. The molecule has 0 radical (unpaired) electrons. The van der Waals surface area contributed by atoms with E-state index in [1.807, 2.05) is 19.2 Å². The highest BCUT2D eigenvalue weighted by molar-refractivity contribution is 5.72. The first-order valence-electron chi connectivity index (χ1n) is 10.5. The van der Waals surface area contributed by atoms with E-state index in [2.05, 4.69) is 14.3 Å². The number of nitrogens with zero attached hydrogens (tertiary/aromatic N) is 6. The topological polar surface area (TPSA) is 111 Å². The molecule has 1 saturated heterocycles. The summed E-state index contributed by atoms with van der Waals surface area (Å²) >= 11 is 0. The summed E-state index contributed by atoms with van der Waals surface area (Å²) in [4.78, 5) is 30.3. The van der Waals surface area contributed by atoms with Crippen LogP contribution in [0.3, 0.4) is 0 Å². The minimum Gasteiger partial charge on any atom is -0.450 e. The molecule has 31 heavy (non-hydrogen) atoms. The quantitative estimate of drug-likeness (QED) is 0.678. The van der Waals surface area contributed by atoms with E-state index in [0.717, 1.165) is 47.2 Å². The summed E-state index contributed by atoms with van der Waals surface area (Å²) in [5.41, 5.74) is 10.2. The Kier molecular flexibility index (Phi) is 5.06. The number of fused-ring (bicyclic) bond motifs is 3. The number of hydrogen-bond donors (Lipinski definition) is 1. The molecule has 0 atom stereocenters. The third kappa shape index (κ3) is 3.63. The summed E-state index contributed by atoms with van der Waals surface area (Å²) in [5, 5.41) is 0. The van der Waals surface area contributed by atoms with Gasteiger partial charge in [0.1, 0.15) is 5.82 Å². The van der Waals surface area contributed by atoms with Crippen LogP contribution in [0.15, 0.2) is 24.5 Å². The van der Waals surface area contributed by atoms with E-state index in [1.165, 1.54) is 0 Å². The Balaban J connectivity index is 1.63. The van der Waals surface area contributed by atoms with Crippen LogP contribution < -0.4 is 10.6 Å². The summed E-state index contributed by atoms with van der Waals surface area (Å²) in [6, 6.07) is 3.68. The lowest BCUT2D eigenvalue weighted by Crippen LogP contribution is -2.37. The molecule has 0 saturated carbocycles. The molecule has 0 aliphatic carbocycles. The number of carbonyl (C=O) groups excluding carboxylic acids is 1. The molecule has 0 bridgehead atoms. The molecule has 0 spiro atoms. The Morgan fingerprint density at radius 1 is 1.23 bits per heavy atom. The molecule has 1 fully saturated rings. The second-order valence-corrected chi connectivity index (χ2v) is 7.59. The first-order chi connectivity index (χ1) is 15.1. The highest BCUT2D eigenvalue weighted by atomic mass is 16.6. The molecule has 2 N–H and O–H groups in total. The predicted molar refractivity (Wildman–Crippen MR) is 115 cm³/mol. The molecule has 10 nitrogen and oxygen atoms in total. The number of anilines is 2. The lowest BCUT2D eigenvalue weighted by Gasteiger charge is -2.28. The summed E-state index contributed by atoms with van der Waals surface area (Å²) in [6.07, 6.45) is 4.07. The lowest BCUT2D eigenvalue weighted by atomic mass is 10.1. The number of nitrogens with two attached hydrogens (primary N) is 1. The molecular weight excluding hydrogens is 398 g/mol. The van der Waals surface area contributed by atoms with Crippen LogP contribution in [0.25, 0.3) is 16.9 Å². The van der Waals surface area contributed by atoms with Gasteiger partial charge in [-0.2, -0.15) is 0 Å². The van der Waals surface area contributed by atoms with Crippen molar-refractivity contribution in [2.75, 3.05) is 50.1 Å². The maximum atomic E-state index is 12.3. The molecule has 2 aliphatic heterocycles. The maximum Gasteiger partial charge on any atom is 0.410 e. The molecule has 162 valence electrons. The smallest absolute Gasteiger partial charge is 0.410 e. The van der Waals surface area contributed by atoms with Crippen molar-refractivity contribution in [3.8, 4) is 11.3 Å². The molecule has 3 aromatic heterocycles. The number of pyridine rings is 1. The fourth-order valence-corrected chi connectivity index (χ4v) is 4.05. The van der Waals surface area contributed by atoms with Gasteiger partial charge in [-0.25, -0.2) is 19.7 Å². The van der Waals surface area contributed by atoms with Crippen molar-refractivity contribution < 1.29 is 14.3 Å². The monoisotopic (exact) mass is 423 g/mol. The van der Waals surface area contributed by atoms with E-state index >= 15 is 0 Å². The van der Waals surface area contributed by atoms with Crippen LogP contribution in [-0.2, 0) is 22.4 Å². The van der Waals surface area contributed by atoms with Gasteiger partial charge in [0, 0.05) is 44.0 Å². The largest absolute Gasteiger partial charge is 0.450 e.